The maximum Gasteiger partial charge on any atom is 0.0684 e. The lowest BCUT2D eigenvalue weighted by atomic mass is 9.71. The van der Waals surface area contributed by atoms with Crippen LogP contribution in [0.25, 0.3) is 0 Å². The van der Waals surface area contributed by atoms with Crippen LogP contribution in [0.15, 0.2) is 0 Å². The molecular weight excluding hydrogens is 171 g/mol. The first kappa shape index (κ1) is 14.0. The summed E-state index contributed by atoms with van der Waals surface area (Å²) in [6, 6.07) is 0. The molecule has 0 atom stereocenters. The minimum absolute atomic E-state index is 0.102. The monoisotopic (exact) mass is 196 g/mol. The van der Waals surface area contributed by atoms with Crippen molar-refractivity contribution >= 4 is 7.85 Å². The van der Waals surface area contributed by atoms with Gasteiger partial charge < -0.3 is 4.74 Å². The molecule has 0 amide bonds. The van der Waals surface area contributed by atoms with E-state index in [1.165, 1.54) is 0 Å². The first-order valence-electron chi connectivity index (χ1n) is 5.42. The maximum absolute atomic E-state index is 6.09. The highest BCUT2D eigenvalue weighted by Gasteiger charge is 2.39. The molecule has 0 saturated heterocycles. The van der Waals surface area contributed by atoms with Crippen molar-refractivity contribution in [2.24, 2.45) is 5.41 Å². The fourth-order valence-corrected chi connectivity index (χ4v) is 1.57. The molecule has 1 nitrogen and oxygen atoms in total. The molecule has 0 aliphatic carbocycles. The van der Waals surface area contributed by atoms with Crippen LogP contribution in [0, 0.1) is 5.41 Å². The summed E-state index contributed by atoms with van der Waals surface area (Å²) in [5, 5.41) is 0. The van der Waals surface area contributed by atoms with Crippen LogP contribution in [-0.4, -0.2) is 19.0 Å². The Morgan fingerprint density at radius 3 is 1.64 bits per heavy atom. The fraction of sp³-hybridized carbons (Fsp3) is 1.00. The quantitative estimate of drug-likeness (QED) is 0.624. The minimum atomic E-state index is -0.148. The average molecular weight is 196 g/mol. The summed E-state index contributed by atoms with van der Waals surface area (Å²) in [6.45, 7) is 15.0. The third kappa shape index (κ3) is 4.04. The molecule has 0 N–H and O–H groups in total. The molecule has 2 radical (unpaired) electrons. The minimum Gasteiger partial charge on any atom is -0.369 e. The van der Waals surface area contributed by atoms with Crippen molar-refractivity contribution in [3.63, 3.8) is 0 Å². The molecule has 0 unspecified atom stereocenters. The van der Waals surface area contributed by atoms with Gasteiger partial charge in [-0.05, 0) is 40.0 Å². The third-order valence-electron chi connectivity index (χ3n) is 2.96. The molecule has 0 fully saturated rings. The standard InChI is InChI=1S/C12H25BO/c1-10(2,3)14-12(6,7)11(4,5)8-9-13/h8-9H2,1-7H3. The normalized spacial score (nSPS) is 14.5. The van der Waals surface area contributed by atoms with Gasteiger partial charge in [-0.2, -0.15) is 0 Å². The van der Waals surface area contributed by atoms with E-state index in [-0.39, 0.29) is 16.6 Å². The number of hydrogen-bond acceptors (Lipinski definition) is 1. The molecular formula is C12H25BO. The smallest absolute Gasteiger partial charge is 0.0684 e. The van der Waals surface area contributed by atoms with E-state index >= 15 is 0 Å². The van der Waals surface area contributed by atoms with Gasteiger partial charge in [0.25, 0.3) is 0 Å². The predicted molar refractivity (Wildman–Crippen MR) is 63.9 cm³/mol. The Morgan fingerprint density at radius 1 is 0.929 bits per heavy atom. The van der Waals surface area contributed by atoms with Crippen LogP contribution in [0.5, 0.6) is 0 Å². The van der Waals surface area contributed by atoms with Crippen molar-refractivity contribution < 1.29 is 4.74 Å². The van der Waals surface area contributed by atoms with E-state index in [1.807, 2.05) is 0 Å². The highest BCUT2D eigenvalue weighted by atomic mass is 16.5. The van der Waals surface area contributed by atoms with Crippen LogP contribution < -0.4 is 0 Å². The summed E-state index contributed by atoms with van der Waals surface area (Å²) in [5.74, 6) is 0. The molecule has 82 valence electrons. The van der Waals surface area contributed by atoms with Crippen molar-refractivity contribution in [3.8, 4) is 0 Å². The molecule has 0 aromatic rings. The van der Waals surface area contributed by atoms with Gasteiger partial charge in [-0.3, -0.25) is 0 Å². The lowest BCUT2D eigenvalue weighted by Gasteiger charge is -2.45. The zero-order valence-electron chi connectivity index (χ0n) is 10.9. The Balaban J connectivity index is 4.59. The predicted octanol–water partition coefficient (Wildman–Crippen LogP) is 3.58. The lowest BCUT2D eigenvalue weighted by Crippen LogP contribution is -2.46. The Hall–Kier alpha value is 0.0249. The van der Waals surface area contributed by atoms with E-state index in [9.17, 15) is 0 Å². The van der Waals surface area contributed by atoms with Crippen molar-refractivity contribution in [2.45, 2.75) is 72.4 Å². The van der Waals surface area contributed by atoms with Crippen molar-refractivity contribution in [1.82, 2.24) is 0 Å². The second-order valence-electron chi connectivity index (χ2n) is 6.15. The molecule has 0 heterocycles. The summed E-state index contributed by atoms with van der Waals surface area (Å²) in [7, 11) is 5.62. The second kappa shape index (κ2) is 4.26. The number of hydrogen-bond donors (Lipinski definition) is 0. The van der Waals surface area contributed by atoms with Gasteiger partial charge in [-0.1, -0.05) is 26.6 Å². The van der Waals surface area contributed by atoms with E-state index in [1.54, 1.807) is 0 Å². The highest BCUT2D eigenvalue weighted by molar-refractivity contribution is 6.08. The van der Waals surface area contributed by atoms with Gasteiger partial charge in [0.15, 0.2) is 0 Å². The van der Waals surface area contributed by atoms with Gasteiger partial charge in [0.2, 0.25) is 0 Å². The first-order valence-corrected chi connectivity index (χ1v) is 5.42. The number of rotatable bonds is 4. The van der Waals surface area contributed by atoms with Crippen LogP contribution in [-0.2, 0) is 4.74 Å². The van der Waals surface area contributed by atoms with Gasteiger partial charge in [0, 0.05) is 0 Å². The summed E-state index contributed by atoms with van der Waals surface area (Å²) in [5.41, 5.74) is -0.144. The molecule has 0 rings (SSSR count). The zero-order chi connectivity index (χ0) is 11.6. The topological polar surface area (TPSA) is 9.23 Å². The Bertz CT molecular complexity index is 177. The SMILES string of the molecule is [B]CCC(C)(C)C(C)(C)OC(C)(C)C. The summed E-state index contributed by atoms with van der Waals surface area (Å²) < 4.78 is 6.09. The first-order chi connectivity index (χ1) is 6.02. The van der Waals surface area contributed by atoms with E-state index in [4.69, 9.17) is 12.6 Å². The highest BCUT2D eigenvalue weighted by Crippen LogP contribution is 2.40. The molecule has 0 bridgehead atoms. The van der Waals surface area contributed by atoms with E-state index < -0.39 is 0 Å². The fourth-order valence-electron chi connectivity index (χ4n) is 1.57. The van der Waals surface area contributed by atoms with Crippen molar-refractivity contribution in [1.29, 1.82) is 0 Å². The number of ether oxygens (including phenoxy) is 1. The summed E-state index contributed by atoms with van der Waals surface area (Å²) >= 11 is 0. The molecule has 2 heteroatoms. The molecule has 0 aliphatic heterocycles. The second-order valence-corrected chi connectivity index (χ2v) is 6.15. The Morgan fingerprint density at radius 2 is 1.36 bits per heavy atom. The molecule has 0 spiro atoms. The van der Waals surface area contributed by atoms with E-state index in [0.717, 1.165) is 6.42 Å². The summed E-state index contributed by atoms with van der Waals surface area (Å²) in [6.07, 6.45) is 1.69. The maximum atomic E-state index is 6.09. The van der Waals surface area contributed by atoms with Crippen LogP contribution >= 0.6 is 0 Å². The van der Waals surface area contributed by atoms with Gasteiger partial charge in [-0.25, -0.2) is 0 Å². The molecule has 0 aromatic heterocycles. The largest absolute Gasteiger partial charge is 0.369 e. The Labute approximate surface area is 91.0 Å². The van der Waals surface area contributed by atoms with E-state index in [0.29, 0.717) is 6.32 Å². The van der Waals surface area contributed by atoms with Gasteiger partial charge in [0.05, 0.1) is 19.0 Å². The molecule has 0 aromatic carbocycles. The van der Waals surface area contributed by atoms with Gasteiger partial charge >= 0.3 is 0 Å². The van der Waals surface area contributed by atoms with E-state index in [2.05, 4.69) is 48.5 Å². The Kier molecular flexibility index (Phi) is 4.27. The molecule has 0 saturated carbocycles. The third-order valence-corrected chi connectivity index (χ3v) is 2.96. The van der Waals surface area contributed by atoms with Crippen LogP contribution in [0.3, 0.4) is 0 Å². The molecule has 0 aliphatic rings. The van der Waals surface area contributed by atoms with Crippen molar-refractivity contribution in [2.75, 3.05) is 0 Å². The van der Waals surface area contributed by atoms with Crippen LogP contribution in [0.4, 0.5) is 0 Å². The average Bonchev–Trinajstić information content (AvgIpc) is 1.79. The van der Waals surface area contributed by atoms with Crippen molar-refractivity contribution in [3.05, 3.63) is 0 Å². The summed E-state index contributed by atoms with van der Waals surface area (Å²) in [4.78, 5) is 0. The van der Waals surface area contributed by atoms with Gasteiger partial charge in [0.1, 0.15) is 0 Å². The van der Waals surface area contributed by atoms with Gasteiger partial charge in [-0.15, -0.1) is 0 Å². The molecule has 14 heavy (non-hydrogen) atoms. The zero-order valence-corrected chi connectivity index (χ0v) is 10.9. The van der Waals surface area contributed by atoms with Crippen LogP contribution in [0.1, 0.15) is 54.9 Å². The lowest BCUT2D eigenvalue weighted by molar-refractivity contribution is -0.167. The van der Waals surface area contributed by atoms with Crippen LogP contribution in [0.2, 0.25) is 6.32 Å².